The third-order valence-electron chi connectivity index (χ3n) is 8.58. The Hall–Kier alpha value is -3.49. The predicted octanol–water partition coefficient (Wildman–Crippen LogP) is 3.77. The number of nitrogens with zero attached hydrogens (tertiary/aromatic N) is 2. The number of aromatic nitrogens is 1. The van der Waals surface area contributed by atoms with Crippen LogP contribution in [0.4, 0.5) is 4.79 Å². The molecule has 1 amide bonds. The van der Waals surface area contributed by atoms with E-state index in [-0.39, 0.29) is 42.2 Å². The predicted molar refractivity (Wildman–Crippen MR) is 169 cm³/mol. The molecule has 2 aromatic carbocycles. The monoisotopic (exact) mass is 642 g/mol. The summed E-state index contributed by atoms with van der Waals surface area (Å²) in [6.07, 6.45) is -2.67. The number of aliphatic imine (C=N–C) groups is 1. The molecule has 1 aromatic heterocycles. The van der Waals surface area contributed by atoms with Gasteiger partial charge in [0.2, 0.25) is 10.0 Å². The van der Waals surface area contributed by atoms with Crippen LogP contribution in [0.15, 0.2) is 58.4 Å². The summed E-state index contributed by atoms with van der Waals surface area (Å²) < 4.78 is 47.7. The summed E-state index contributed by atoms with van der Waals surface area (Å²) in [6, 6.07) is 13.6. The van der Waals surface area contributed by atoms with E-state index in [9.17, 15) is 23.4 Å². The van der Waals surface area contributed by atoms with Gasteiger partial charge in [-0.25, -0.2) is 13.2 Å². The quantitative estimate of drug-likeness (QED) is 0.182. The van der Waals surface area contributed by atoms with Gasteiger partial charge in [0, 0.05) is 36.6 Å². The van der Waals surface area contributed by atoms with Gasteiger partial charge in [0.1, 0.15) is 11.8 Å². The lowest BCUT2D eigenvalue weighted by atomic mass is 9.93. The number of fused-ring (bicyclic) bond motifs is 2. The summed E-state index contributed by atoms with van der Waals surface area (Å²) in [5, 5.41) is 25.4. The Morgan fingerprint density at radius 2 is 1.93 bits per heavy atom. The molecule has 0 spiro atoms. The van der Waals surface area contributed by atoms with E-state index in [1.54, 1.807) is 20.0 Å². The second-order valence-corrected chi connectivity index (χ2v) is 14.0. The molecule has 3 aromatic rings. The highest BCUT2D eigenvalue weighted by Crippen LogP contribution is 2.36. The number of hydrogen-bond donors (Lipinski definition) is 4. The number of aromatic amines is 1. The van der Waals surface area contributed by atoms with Crippen LogP contribution >= 0.6 is 0 Å². The fourth-order valence-corrected chi connectivity index (χ4v) is 8.13. The molecule has 2 aliphatic heterocycles. The molecule has 0 bridgehead atoms. The normalized spacial score (nSPS) is 22.5. The Morgan fingerprint density at radius 1 is 1.20 bits per heavy atom. The van der Waals surface area contributed by atoms with Gasteiger partial charge in [-0.15, -0.1) is 0 Å². The first-order valence-electron chi connectivity index (χ1n) is 15.1. The van der Waals surface area contributed by atoms with Crippen LogP contribution in [0, 0.1) is 11.8 Å². The highest BCUT2D eigenvalue weighted by molar-refractivity contribution is 7.89. The Morgan fingerprint density at radius 3 is 2.60 bits per heavy atom. The molecule has 13 heteroatoms. The molecule has 3 heterocycles. The van der Waals surface area contributed by atoms with Gasteiger partial charge in [0.15, 0.2) is 12.2 Å². The number of aliphatic hydroxyl groups is 1. The van der Waals surface area contributed by atoms with E-state index in [0.717, 1.165) is 0 Å². The lowest BCUT2D eigenvalue weighted by molar-refractivity contribution is -0.0907. The maximum atomic E-state index is 14.8. The van der Waals surface area contributed by atoms with Crippen molar-refractivity contribution in [2.45, 2.75) is 69.6 Å². The Labute approximate surface area is 263 Å². The van der Waals surface area contributed by atoms with Crippen LogP contribution < -0.4 is 5.32 Å². The lowest BCUT2D eigenvalue weighted by Gasteiger charge is -2.46. The van der Waals surface area contributed by atoms with Crippen molar-refractivity contribution in [2.75, 3.05) is 26.8 Å². The first-order chi connectivity index (χ1) is 21.4. The van der Waals surface area contributed by atoms with Crippen LogP contribution in [0.1, 0.15) is 45.2 Å². The van der Waals surface area contributed by atoms with Gasteiger partial charge in [0.05, 0.1) is 35.7 Å². The first-order valence-corrected chi connectivity index (χ1v) is 16.6. The van der Waals surface area contributed by atoms with Gasteiger partial charge in [-0.2, -0.15) is 4.31 Å². The van der Waals surface area contributed by atoms with Gasteiger partial charge >= 0.3 is 6.09 Å². The van der Waals surface area contributed by atoms with E-state index in [4.69, 9.17) is 14.2 Å². The van der Waals surface area contributed by atoms with E-state index in [0.29, 0.717) is 40.8 Å². The number of sulfonamides is 1. The standard InChI is InChI=1S/C32H42N4O8S/c1-19(2)17-36(45(40,41)23-11-12-26-25(15-23)28(20(3)33-5)29(38)34-26)32(21(4)37,16-22-9-7-6-8-10-22)35-31(39)44-27-18-43-30-24(27)13-14-42-30/h6-12,15,19,21,24,27,30,34,37-38H,13-14,16-18H2,1-5H3,(H,35,39)/t21-,24?,27?,30?,32?/m0/s1. The fraction of sp³-hybridized carbons (Fsp3) is 0.500. The fourth-order valence-electron chi connectivity index (χ4n) is 6.18. The highest BCUT2D eigenvalue weighted by Gasteiger charge is 2.51. The minimum atomic E-state index is -4.41. The summed E-state index contributed by atoms with van der Waals surface area (Å²) in [6.45, 7) is 7.51. The van der Waals surface area contributed by atoms with E-state index in [1.165, 1.54) is 23.4 Å². The molecule has 2 fully saturated rings. The largest absolute Gasteiger partial charge is 0.494 e. The zero-order valence-corrected chi connectivity index (χ0v) is 27.0. The van der Waals surface area contributed by atoms with Crippen molar-refractivity contribution < 1.29 is 37.6 Å². The highest BCUT2D eigenvalue weighted by atomic mass is 32.2. The number of benzene rings is 2. The number of alkyl carbamates (subject to hydrolysis) is 1. The molecule has 2 saturated heterocycles. The van der Waals surface area contributed by atoms with Crippen LogP contribution in [-0.2, 0) is 30.7 Å². The van der Waals surface area contributed by atoms with Gasteiger partial charge in [-0.1, -0.05) is 44.2 Å². The summed E-state index contributed by atoms with van der Waals surface area (Å²) in [5.41, 5.74) is 0.274. The van der Waals surface area contributed by atoms with Crippen molar-refractivity contribution in [3.8, 4) is 5.88 Å². The minimum Gasteiger partial charge on any atom is -0.494 e. The van der Waals surface area contributed by atoms with Crippen molar-refractivity contribution in [1.29, 1.82) is 0 Å². The molecule has 0 radical (unpaired) electrons. The number of carbonyl (C=O) groups excluding carboxylic acids is 1. The Bertz CT molecular complexity index is 1660. The molecular formula is C32H42N4O8S. The average molecular weight is 643 g/mol. The number of nitrogens with one attached hydrogen (secondary N) is 2. The number of H-pyrrole nitrogens is 1. The van der Waals surface area contributed by atoms with Gasteiger partial charge in [-0.05, 0) is 49.9 Å². The third-order valence-corrected chi connectivity index (χ3v) is 10.5. The van der Waals surface area contributed by atoms with Crippen LogP contribution in [0.25, 0.3) is 10.9 Å². The summed E-state index contributed by atoms with van der Waals surface area (Å²) in [7, 11) is -2.83. The number of aliphatic hydroxyl groups excluding tert-OH is 1. The average Bonchev–Trinajstić information content (AvgIpc) is 3.70. The second kappa shape index (κ2) is 13.1. The zero-order valence-electron chi connectivity index (χ0n) is 26.2. The Balaban J connectivity index is 1.61. The SMILES string of the molecule is CN=C(C)c1c(O)[nH]c2ccc(S(=O)(=O)N(CC(C)C)C(Cc3ccccc3)(NC(=O)OC3COC4OCCC34)[C@H](C)O)cc12. The molecule has 2 aliphatic rings. The smallest absolute Gasteiger partial charge is 0.409 e. The number of ether oxygens (including phenoxy) is 3. The zero-order chi connectivity index (χ0) is 32.5. The second-order valence-electron chi connectivity index (χ2n) is 12.2. The lowest BCUT2D eigenvalue weighted by Crippen LogP contribution is -2.69. The summed E-state index contributed by atoms with van der Waals surface area (Å²) in [5.74, 6) is -0.453. The maximum absolute atomic E-state index is 14.8. The van der Waals surface area contributed by atoms with E-state index < -0.39 is 40.3 Å². The topological polar surface area (TPSA) is 163 Å². The maximum Gasteiger partial charge on any atom is 0.409 e. The van der Waals surface area contributed by atoms with Crippen molar-refractivity contribution in [3.63, 3.8) is 0 Å². The molecule has 0 aliphatic carbocycles. The van der Waals surface area contributed by atoms with Crippen molar-refractivity contribution in [3.05, 3.63) is 59.7 Å². The first kappa shape index (κ1) is 32.9. The van der Waals surface area contributed by atoms with Crippen LogP contribution in [0.3, 0.4) is 0 Å². The molecule has 4 unspecified atom stereocenters. The molecular weight excluding hydrogens is 600 g/mol. The number of aromatic hydroxyl groups is 1. The summed E-state index contributed by atoms with van der Waals surface area (Å²) in [4.78, 5) is 20.6. The van der Waals surface area contributed by atoms with Crippen molar-refractivity contribution in [1.82, 2.24) is 14.6 Å². The van der Waals surface area contributed by atoms with Gasteiger partial charge in [-0.3, -0.25) is 10.3 Å². The van der Waals surface area contributed by atoms with E-state index in [1.807, 2.05) is 44.2 Å². The van der Waals surface area contributed by atoms with Crippen LogP contribution in [0.5, 0.6) is 5.88 Å². The molecule has 0 saturated carbocycles. The Kier molecular flexibility index (Phi) is 9.57. The van der Waals surface area contributed by atoms with E-state index in [2.05, 4.69) is 15.3 Å². The van der Waals surface area contributed by atoms with Crippen LogP contribution in [0.2, 0.25) is 0 Å². The van der Waals surface area contributed by atoms with Gasteiger partial charge < -0.3 is 29.4 Å². The van der Waals surface area contributed by atoms with E-state index >= 15 is 0 Å². The number of rotatable bonds is 11. The number of carbonyl (C=O) groups is 1. The molecule has 4 N–H and O–H groups in total. The van der Waals surface area contributed by atoms with Crippen molar-refractivity contribution in [2.24, 2.45) is 16.8 Å². The number of hydrogen-bond acceptors (Lipinski definition) is 9. The molecule has 45 heavy (non-hydrogen) atoms. The number of amides is 1. The van der Waals surface area contributed by atoms with Crippen molar-refractivity contribution >= 4 is 32.7 Å². The molecule has 12 nitrogen and oxygen atoms in total. The minimum absolute atomic E-state index is 0.0375. The molecule has 244 valence electrons. The molecule has 5 atom stereocenters. The van der Waals surface area contributed by atoms with Crippen LogP contribution in [-0.4, -0.2) is 90.7 Å². The third kappa shape index (κ3) is 6.45. The van der Waals surface area contributed by atoms with Gasteiger partial charge in [0.25, 0.3) is 0 Å². The summed E-state index contributed by atoms with van der Waals surface area (Å²) >= 11 is 0. The molecule has 5 rings (SSSR count).